The highest BCUT2D eigenvalue weighted by Crippen LogP contribution is 2.49. The number of rotatable bonds is 5. The maximum Gasteiger partial charge on any atom is 0.419 e. The SMILES string of the molecule is O=C(NCc1ccnc(Cl)c1)N1CC2(CCN(CC=Cc3ccc(Cl)cc3)CC2)c2cc(F)c(C(F)(F)F)cc21. The van der Waals surface area contributed by atoms with Crippen LogP contribution in [0.25, 0.3) is 6.08 Å². The first-order chi connectivity index (χ1) is 19.0. The summed E-state index contributed by atoms with van der Waals surface area (Å²) in [7, 11) is 0. The van der Waals surface area contributed by atoms with Gasteiger partial charge < -0.3 is 5.32 Å². The van der Waals surface area contributed by atoms with Crippen molar-refractivity contribution in [2.75, 3.05) is 31.1 Å². The lowest BCUT2D eigenvalue weighted by molar-refractivity contribution is -0.139. The van der Waals surface area contributed by atoms with E-state index < -0.39 is 29.0 Å². The standard InChI is InChI=1S/C29H26Cl2F4N4O/c30-21-5-3-19(4-6-21)2-1-11-38-12-8-28(9-13-38)18-39(27(40)37-17-20-7-10-36-26(31)14-20)25-16-22(29(33,34)35)24(32)15-23(25)28/h1-7,10,14-16H,8-9,11-13,17-18H2,(H,37,40). The number of hydrogen-bond acceptors (Lipinski definition) is 3. The number of fused-ring (bicyclic) bond motifs is 2. The van der Waals surface area contributed by atoms with Gasteiger partial charge in [-0.15, -0.1) is 0 Å². The molecule has 2 aromatic carbocycles. The summed E-state index contributed by atoms with van der Waals surface area (Å²) in [4.78, 5) is 20.7. The maximum atomic E-state index is 14.8. The highest BCUT2D eigenvalue weighted by atomic mass is 35.5. The molecule has 2 aliphatic rings. The summed E-state index contributed by atoms with van der Waals surface area (Å²) in [6, 6.07) is 11.9. The molecule has 5 rings (SSSR count). The first-order valence-electron chi connectivity index (χ1n) is 12.8. The molecule has 11 heteroatoms. The van der Waals surface area contributed by atoms with E-state index in [9.17, 15) is 22.4 Å². The fourth-order valence-electron chi connectivity index (χ4n) is 5.41. The Bertz CT molecular complexity index is 1420. The topological polar surface area (TPSA) is 48.5 Å². The van der Waals surface area contributed by atoms with Gasteiger partial charge in [0.15, 0.2) is 0 Å². The Morgan fingerprint density at radius 3 is 2.48 bits per heavy atom. The number of halogens is 6. The molecule has 0 bridgehead atoms. The van der Waals surface area contributed by atoms with E-state index in [1.807, 2.05) is 36.4 Å². The maximum absolute atomic E-state index is 14.8. The molecule has 0 aliphatic carbocycles. The predicted molar refractivity (Wildman–Crippen MR) is 148 cm³/mol. The van der Waals surface area contributed by atoms with Crippen molar-refractivity contribution in [2.45, 2.75) is 31.0 Å². The van der Waals surface area contributed by atoms with Gasteiger partial charge in [-0.25, -0.2) is 14.2 Å². The molecular weight excluding hydrogens is 567 g/mol. The second-order valence-electron chi connectivity index (χ2n) is 10.1. The molecule has 210 valence electrons. The van der Waals surface area contributed by atoms with Crippen molar-refractivity contribution < 1.29 is 22.4 Å². The molecule has 3 heterocycles. The number of alkyl halides is 3. The van der Waals surface area contributed by atoms with Crippen molar-refractivity contribution in [1.82, 2.24) is 15.2 Å². The molecule has 0 atom stereocenters. The van der Waals surface area contributed by atoms with Gasteiger partial charge >= 0.3 is 12.2 Å². The third kappa shape index (κ3) is 6.11. The third-order valence-corrected chi connectivity index (χ3v) is 8.01. The van der Waals surface area contributed by atoms with Gasteiger partial charge in [0.05, 0.1) is 11.3 Å². The van der Waals surface area contributed by atoms with Crippen molar-refractivity contribution in [3.63, 3.8) is 0 Å². The van der Waals surface area contributed by atoms with Crippen LogP contribution in [0.5, 0.6) is 0 Å². The molecule has 40 heavy (non-hydrogen) atoms. The number of nitrogens with one attached hydrogen (secondary N) is 1. The van der Waals surface area contributed by atoms with E-state index in [0.29, 0.717) is 48.6 Å². The van der Waals surface area contributed by atoms with Crippen LogP contribution < -0.4 is 10.2 Å². The first-order valence-corrected chi connectivity index (χ1v) is 13.5. The van der Waals surface area contributed by atoms with Gasteiger partial charge in [0.1, 0.15) is 11.0 Å². The molecule has 0 unspecified atom stereocenters. The molecule has 2 amide bonds. The van der Waals surface area contributed by atoms with Crippen LogP contribution in [-0.2, 0) is 18.1 Å². The summed E-state index contributed by atoms with van der Waals surface area (Å²) >= 11 is 11.9. The van der Waals surface area contributed by atoms with Gasteiger partial charge in [-0.3, -0.25) is 9.80 Å². The highest BCUT2D eigenvalue weighted by molar-refractivity contribution is 6.30. The number of hydrogen-bond donors (Lipinski definition) is 1. The zero-order chi connectivity index (χ0) is 28.5. The minimum absolute atomic E-state index is 0.0927. The third-order valence-electron chi connectivity index (χ3n) is 7.55. The van der Waals surface area contributed by atoms with E-state index in [0.717, 1.165) is 17.7 Å². The Kier molecular flexibility index (Phi) is 8.08. The van der Waals surface area contributed by atoms with Crippen molar-refractivity contribution in [1.29, 1.82) is 0 Å². The molecule has 1 N–H and O–H groups in total. The number of benzene rings is 2. The number of anilines is 1. The Morgan fingerprint density at radius 1 is 1.07 bits per heavy atom. The Labute approximate surface area is 239 Å². The summed E-state index contributed by atoms with van der Waals surface area (Å²) in [5.41, 5.74) is 0.221. The minimum Gasteiger partial charge on any atom is -0.334 e. The van der Waals surface area contributed by atoms with Crippen LogP contribution in [0.15, 0.2) is 60.8 Å². The van der Waals surface area contributed by atoms with Crippen LogP contribution in [0.2, 0.25) is 10.2 Å². The molecular formula is C29H26Cl2F4N4O. The average Bonchev–Trinajstić information content (AvgIpc) is 3.21. The van der Waals surface area contributed by atoms with E-state index in [2.05, 4.69) is 15.2 Å². The van der Waals surface area contributed by atoms with Gasteiger partial charge in [0.25, 0.3) is 0 Å². The molecule has 5 nitrogen and oxygen atoms in total. The summed E-state index contributed by atoms with van der Waals surface area (Å²) < 4.78 is 55.6. The monoisotopic (exact) mass is 592 g/mol. The van der Waals surface area contributed by atoms with E-state index in [-0.39, 0.29) is 23.9 Å². The zero-order valence-electron chi connectivity index (χ0n) is 21.3. The number of carbonyl (C=O) groups excluding carboxylic acids is 1. The second kappa shape index (κ2) is 11.4. The number of amides is 2. The molecule has 1 fully saturated rings. The highest BCUT2D eigenvalue weighted by Gasteiger charge is 2.48. The molecule has 2 aliphatic heterocycles. The number of likely N-dealkylation sites (tertiary alicyclic amines) is 1. The average molecular weight is 593 g/mol. The van der Waals surface area contributed by atoms with Gasteiger partial charge in [0.2, 0.25) is 0 Å². The number of urea groups is 1. The van der Waals surface area contributed by atoms with E-state index in [4.69, 9.17) is 23.2 Å². The van der Waals surface area contributed by atoms with Crippen molar-refractivity contribution in [3.8, 4) is 0 Å². The molecule has 1 aromatic heterocycles. The van der Waals surface area contributed by atoms with Crippen LogP contribution in [0.3, 0.4) is 0 Å². The van der Waals surface area contributed by atoms with Crippen LogP contribution >= 0.6 is 23.2 Å². The molecule has 0 saturated carbocycles. The number of aromatic nitrogens is 1. The Morgan fingerprint density at radius 2 is 1.80 bits per heavy atom. The Hall–Kier alpha value is -3.14. The number of nitrogens with zero attached hydrogens (tertiary/aromatic N) is 3. The fourth-order valence-corrected chi connectivity index (χ4v) is 5.73. The Balaban J connectivity index is 1.34. The van der Waals surface area contributed by atoms with Gasteiger partial charge in [-0.05, 0) is 79.0 Å². The number of carbonyl (C=O) groups is 1. The quantitative estimate of drug-likeness (QED) is 0.249. The van der Waals surface area contributed by atoms with Crippen molar-refractivity contribution in [2.24, 2.45) is 0 Å². The summed E-state index contributed by atoms with van der Waals surface area (Å²) in [5.74, 6) is -1.33. The molecule has 3 aromatic rings. The van der Waals surface area contributed by atoms with Crippen molar-refractivity contribution in [3.05, 3.63) is 99.1 Å². The van der Waals surface area contributed by atoms with Crippen molar-refractivity contribution >= 4 is 41.0 Å². The smallest absolute Gasteiger partial charge is 0.334 e. The molecule has 1 spiro atoms. The lowest BCUT2D eigenvalue weighted by atomic mass is 9.74. The number of piperidine rings is 1. The van der Waals surface area contributed by atoms with Crippen LogP contribution in [-0.4, -0.2) is 42.1 Å². The summed E-state index contributed by atoms with van der Waals surface area (Å²) in [6.45, 7) is 2.27. The van der Waals surface area contributed by atoms with E-state index in [1.54, 1.807) is 12.1 Å². The van der Waals surface area contributed by atoms with Crippen LogP contribution in [0, 0.1) is 5.82 Å². The van der Waals surface area contributed by atoms with Gasteiger partial charge in [-0.1, -0.05) is 47.5 Å². The molecule has 0 radical (unpaired) electrons. The fraction of sp³-hybridized carbons (Fsp3) is 0.310. The lowest BCUT2D eigenvalue weighted by Gasteiger charge is -2.39. The van der Waals surface area contributed by atoms with Crippen LogP contribution in [0.4, 0.5) is 28.0 Å². The molecule has 1 saturated heterocycles. The first kappa shape index (κ1) is 28.4. The largest absolute Gasteiger partial charge is 0.419 e. The number of pyridine rings is 1. The normalized spacial score (nSPS) is 17.0. The van der Waals surface area contributed by atoms with E-state index >= 15 is 0 Å². The predicted octanol–water partition coefficient (Wildman–Crippen LogP) is 7.32. The zero-order valence-corrected chi connectivity index (χ0v) is 22.8. The lowest BCUT2D eigenvalue weighted by Crippen LogP contribution is -2.47. The summed E-state index contributed by atoms with van der Waals surface area (Å²) in [5, 5.41) is 3.68. The van der Waals surface area contributed by atoms with Gasteiger partial charge in [-0.2, -0.15) is 13.2 Å². The van der Waals surface area contributed by atoms with E-state index in [1.165, 1.54) is 11.1 Å². The van der Waals surface area contributed by atoms with Gasteiger partial charge in [0, 0.05) is 36.3 Å². The summed E-state index contributed by atoms with van der Waals surface area (Å²) in [6.07, 6.45) is 1.81. The minimum atomic E-state index is -4.88. The second-order valence-corrected chi connectivity index (χ2v) is 10.9. The van der Waals surface area contributed by atoms with Crippen LogP contribution in [0.1, 0.15) is 35.1 Å².